The molecule has 0 radical (unpaired) electrons. The quantitative estimate of drug-likeness (QED) is 0.237. The summed E-state index contributed by atoms with van der Waals surface area (Å²) in [6.45, 7) is 13.5. The van der Waals surface area contributed by atoms with Crippen molar-refractivity contribution in [3.63, 3.8) is 0 Å². The number of halogens is 1. The lowest BCUT2D eigenvalue weighted by molar-refractivity contribution is -0.0388. The zero-order valence-corrected chi connectivity index (χ0v) is 20.4. The number of anilines is 2. The van der Waals surface area contributed by atoms with Crippen LogP contribution in [-0.2, 0) is 9.47 Å². The first-order valence-electron chi connectivity index (χ1n) is 10.4. The van der Waals surface area contributed by atoms with Crippen LogP contribution >= 0.6 is 15.9 Å². The predicted molar refractivity (Wildman–Crippen MR) is 125 cm³/mol. The molecule has 1 unspecified atom stereocenters. The molecule has 1 fully saturated rings. The van der Waals surface area contributed by atoms with Crippen molar-refractivity contribution in [2.45, 2.75) is 52.2 Å². The van der Waals surface area contributed by atoms with Gasteiger partial charge >= 0.3 is 12.1 Å². The van der Waals surface area contributed by atoms with Gasteiger partial charge in [0.1, 0.15) is 11.3 Å². The summed E-state index contributed by atoms with van der Waals surface area (Å²) in [6.07, 6.45) is 1.28. The largest absolute Gasteiger partial charge is 0.463 e. The van der Waals surface area contributed by atoms with E-state index in [0.717, 1.165) is 12.8 Å². The van der Waals surface area contributed by atoms with E-state index in [4.69, 9.17) is 19.9 Å². The average Bonchev–Trinajstić information content (AvgIpc) is 2.71. The molecule has 2 N–H and O–H groups in total. The first kappa shape index (κ1) is 25.1. The lowest BCUT2D eigenvalue weighted by Crippen LogP contribution is -2.50. The van der Waals surface area contributed by atoms with Crippen LogP contribution in [0, 0.1) is 0 Å². The molecule has 0 aromatic carbocycles. The summed E-state index contributed by atoms with van der Waals surface area (Å²) < 4.78 is 17.0. The first-order valence-corrected chi connectivity index (χ1v) is 11.5. The highest BCUT2D eigenvalue weighted by Crippen LogP contribution is 2.33. The van der Waals surface area contributed by atoms with E-state index < -0.39 is 5.60 Å². The lowest BCUT2D eigenvalue weighted by atomic mass is 10.2. The number of aliphatic imine (C=N–C) groups is 1. The van der Waals surface area contributed by atoms with E-state index in [-0.39, 0.29) is 24.0 Å². The second kappa shape index (κ2) is 11.5. The number of nitrogens with two attached hydrogens (primary N) is 1. The maximum atomic E-state index is 12.4. The molecule has 10 nitrogen and oxygen atoms in total. The molecule has 1 aliphatic heterocycles. The summed E-state index contributed by atoms with van der Waals surface area (Å²) >= 11 is 3.50. The number of carbonyl (C=O) groups excluding carboxylic acids is 1. The summed E-state index contributed by atoms with van der Waals surface area (Å²) in [7, 11) is 0. The van der Waals surface area contributed by atoms with Crippen LogP contribution in [-0.4, -0.2) is 77.7 Å². The molecule has 174 valence electrons. The van der Waals surface area contributed by atoms with E-state index in [0.29, 0.717) is 49.8 Å². The van der Waals surface area contributed by atoms with E-state index >= 15 is 0 Å². The molecule has 0 bridgehead atoms. The number of morpholine rings is 1. The van der Waals surface area contributed by atoms with Gasteiger partial charge in [0, 0.05) is 13.1 Å². The third-order valence-corrected chi connectivity index (χ3v) is 5.02. The molecule has 31 heavy (non-hydrogen) atoms. The fourth-order valence-electron chi connectivity index (χ4n) is 2.94. The fraction of sp³-hybridized carbons (Fsp3) is 0.700. The van der Waals surface area contributed by atoms with Gasteiger partial charge in [-0.25, -0.2) is 4.79 Å². The van der Waals surface area contributed by atoms with Gasteiger partial charge in [0.2, 0.25) is 0 Å². The minimum atomic E-state index is -0.552. The smallest absolute Gasteiger partial charge is 0.410 e. The van der Waals surface area contributed by atoms with Crippen molar-refractivity contribution < 1.29 is 19.0 Å². The van der Waals surface area contributed by atoms with Crippen molar-refractivity contribution in [1.82, 2.24) is 14.9 Å². The molecule has 1 amide bonds. The summed E-state index contributed by atoms with van der Waals surface area (Å²) in [4.78, 5) is 28.7. The number of hydrogen-bond acceptors (Lipinski definition) is 9. The molecule has 0 saturated carbocycles. The predicted octanol–water partition coefficient (Wildman–Crippen LogP) is 3.36. The molecule has 1 saturated heterocycles. The summed E-state index contributed by atoms with van der Waals surface area (Å²) in [6, 6.07) is 0.194. The Morgan fingerprint density at radius 3 is 2.81 bits per heavy atom. The van der Waals surface area contributed by atoms with Crippen molar-refractivity contribution in [2.24, 2.45) is 4.99 Å². The monoisotopic (exact) mass is 500 g/mol. The van der Waals surface area contributed by atoms with E-state index in [2.05, 4.69) is 44.5 Å². The van der Waals surface area contributed by atoms with Gasteiger partial charge in [-0.15, -0.1) is 0 Å². The van der Waals surface area contributed by atoms with Gasteiger partial charge in [0.25, 0.3) is 0 Å². The van der Waals surface area contributed by atoms with E-state index in [1.807, 2.05) is 25.7 Å². The summed E-state index contributed by atoms with van der Waals surface area (Å²) in [5, 5.41) is 0. The van der Waals surface area contributed by atoms with Crippen LogP contribution in [0.5, 0.6) is 6.01 Å². The lowest BCUT2D eigenvalue weighted by Gasteiger charge is -2.36. The molecular weight excluding hydrogens is 468 g/mol. The Hall–Kier alpha value is -2.14. The number of ether oxygens (including phenoxy) is 3. The zero-order valence-electron chi connectivity index (χ0n) is 18.8. The average molecular weight is 501 g/mol. The number of unbranched alkanes of at least 4 members (excludes halogenated alkanes) is 1. The van der Waals surface area contributed by atoms with Gasteiger partial charge in [0.05, 0.1) is 31.3 Å². The van der Waals surface area contributed by atoms with Gasteiger partial charge in [0.15, 0.2) is 11.6 Å². The van der Waals surface area contributed by atoms with Gasteiger partial charge < -0.3 is 29.7 Å². The molecule has 1 aromatic rings. The Labute approximate surface area is 192 Å². The third kappa shape index (κ3) is 7.49. The Kier molecular flexibility index (Phi) is 9.30. The Balaban J connectivity index is 2.15. The number of hydrogen-bond donors (Lipinski definition) is 1. The summed E-state index contributed by atoms with van der Waals surface area (Å²) in [5.74, 6) is 0.682. The highest BCUT2D eigenvalue weighted by molar-refractivity contribution is 9.09. The van der Waals surface area contributed by atoms with Crippen molar-refractivity contribution in [1.29, 1.82) is 0 Å². The Morgan fingerprint density at radius 2 is 2.19 bits per heavy atom. The van der Waals surface area contributed by atoms with Crippen LogP contribution in [0.15, 0.2) is 4.99 Å². The van der Waals surface area contributed by atoms with E-state index in [1.54, 1.807) is 4.90 Å². The SMILES string of the molecule is C=Nc1c(N)nc(OCCCC)nc1N(CBr)CC1CN(C(=O)OC(C)(C)C)CCO1. The minimum Gasteiger partial charge on any atom is -0.463 e. The molecule has 1 aliphatic rings. The normalized spacial score (nSPS) is 16.7. The highest BCUT2D eigenvalue weighted by atomic mass is 79.9. The second-order valence-corrected chi connectivity index (χ2v) is 8.69. The van der Waals surface area contributed by atoms with Crippen molar-refractivity contribution in [3.8, 4) is 6.01 Å². The third-order valence-electron chi connectivity index (χ3n) is 4.42. The Bertz CT molecular complexity index is 758. The second-order valence-electron chi connectivity index (χ2n) is 8.18. The number of alkyl halides is 1. The van der Waals surface area contributed by atoms with Crippen LogP contribution in [0.1, 0.15) is 40.5 Å². The van der Waals surface area contributed by atoms with Crippen molar-refractivity contribution in [3.05, 3.63) is 0 Å². The maximum absolute atomic E-state index is 12.4. The van der Waals surface area contributed by atoms with Crippen LogP contribution in [0.3, 0.4) is 0 Å². The van der Waals surface area contributed by atoms with Gasteiger partial charge in [-0.1, -0.05) is 29.3 Å². The molecular formula is C20H33BrN6O4. The zero-order chi connectivity index (χ0) is 23.0. The van der Waals surface area contributed by atoms with E-state index in [9.17, 15) is 4.79 Å². The number of rotatable bonds is 9. The Morgan fingerprint density at radius 1 is 1.45 bits per heavy atom. The minimum absolute atomic E-state index is 0.192. The van der Waals surface area contributed by atoms with E-state index in [1.165, 1.54) is 0 Å². The van der Waals surface area contributed by atoms with Crippen LogP contribution in [0.25, 0.3) is 0 Å². The fourth-order valence-corrected chi connectivity index (χ4v) is 3.39. The standard InChI is InChI=1S/C20H33BrN6O4/c1-6-7-9-30-18-24-16(22)15(23-5)17(25-18)27(13-21)12-14-11-26(8-10-29-14)19(28)31-20(2,3)4/h14H,5-13H2,1-4H3,(H2,22,24,25). The molecule has 0 aliphatic carbocycles. The first-order chi connectivity index (χ1) is 14.7. The summed E-state index contributed by atoms with van der Waals surface area (Å²) in [5.41, 5.74) is 6.34. The molecule has 11 heteroatoms. The topological polar surface area (TPSA) is 115 Å². The van der Waals surface area contributed by atoms with Crippen LogP contribution < -0.4 is 15.4 Å². The molecule has 2 rings (SSSR count). The highest BCUT2D eigenvalue weighted by Gasteiger charge is 2.30. The van der Waals surface area contributed by atoms with Crippen molar-refractivity contribution >= 4 is 46.1 Å². The van der Waals surface area contributed by atoms with Crippen molar-refractivity contribution in [2.75, 3.05) is 48.9 Å². The van der Waals surface area contributed by atoms with Gasteiger partial charge in [-0.2, -0.15) is 9.97 Å². The number of nitrogens with zero attached hydrogens (tertiary/aromatic N) is 5. The number of aromatic nitrogens is 2. The maximum Gasteiger partial charge on any atom is 0.410 e. The van der Waals surface area contributed by atoms with Gasteiger partial charge in [-0.05, 0) is 33.9 Å². The van der Waals surface area contributed by atoms with Gasteiger partial charge in [-0.3, -0.25) is 4.99 Å². The molecule has 0 spiro atoms. The molecule has 2 heterocycles. The molecule has 1 aromatic heterocycles. The number of carbonyl (C=O) groups is 1. The van der Waals surface area contributed by atoms with Crippen LogP contribution in [0.2, 0.25) is 0 Å². The number of amides is 1. The van der Waals surface area contributed by atoms with Crippen LogP contribution in [0.4, 0.5) is 22.1 Å². The molecule has 1 atom stereocenters. The number of nitrogen functional groups attached to an aromatic ring is 1.